The highest BCUT2D eigenvalue weighted by atomic mass is 15.1. The number of aromatic nitrogens is 3. The minimum absolute atomic E-state index is 0.494. The predicted molar refractivity (Wildman–Crippen MR) is 206 cm³/mol. The molecule has 0 saturated carbocycles. The van der Waals surface area contributed by atoms with Gasteiger partial charge in [0, 0.05) is 23.2 Å². The summed E-state index contributed by atoms with van der Waals surface area (Å²) in [5.74, 6) is 0.886. The van der Waals surface area contributed by atoms with E-state index in [1.165, 1.54) is 71.8 Å². The first-order chi connectivity index (χ1) is 24.8. The Hall–Kier alpha value is -6.58. The second-order valence-corrected chi connectivity index (χ2v) is 13.4. The van der Waals surface area contributed by atoms with E-state index in [2.05, 4.69) is 155 Å². The molecular weight excluding hydrogens is 607 g/mol. The number of rotatable bonds is 2. The fourth-order valence-corrected chi connectivity index (χ4v) is 8.84. The minimum atomic E-state index is -0.494. The standard InChI is InChI=1S/C47H29N3/c1-2-11-33-28-43-38(25-32(33)10-1)36-12-4-6-14-41(36)47(43)40-13-5-3-9-30(40)16-17-31-18-19-35(27-42(31)47)34-20-21-44-39(26-34)37-22-24-48-29-45(37)50(44)46-15-7-8-23-49-46/h1-29H. The molecule has 3 heterocycles. The Balaban J connectivity index is 1.21. The van der Waals surface area contributed by atoms with Crippen LogP contribution in [0, 0.1) is 0 Å². The SMILES string of the molecule is C1=Cc2ccc(-c3ccc4c(c3)c3ccncc3n4-c3ccccn3)cc2C2(c3ccccc31)c1ccccc1-c1cc3ccccc3cc12. The van der Waals surface area contributed by atoms with Gasteiger partial charge in [0.05, 0.1) is 22.6 Å². The van der Waals surface area contributed by atoms with Crippen LogP contribution in [0.1, 0.15) is 33.4 Å². The average molecular weight is 636 g/mol. The van der Waals surface area contributed by atoms with Gasteiger partial charge in [-0.3, -0.25) is 9.55 Å². The van der Waals surface area contributed by atoms with Gasteiger partial charge in [-0.05, 0) is 115 Å². The second kappa shape index (κ2) is 10.2. The van der Waals surface area contributed by atoms with Crippen molar-refractivity contribution < 1.29 is 0 Å². The number of benzene rings is 6. The Morgan fingerprint density at radius 3 is 2.08 bits per heavy atom. The number of fused-ring (bicyclic) bond motifs is 13. The van der Waals surface area contributed by atoms with Crippen molar-refractivity contribution in [3.05, 3.63) is 198 Å². The van der Waals surface area contributed by atoms with Crippen LogP contribution in [0.3, 0.4) is 0 Å². The summed E-state index contributed by atoms with van der Waals surface area (Å²) in [4.78, 5) is 9.19. The number of pyridine rings is 2. The molecule has 0 amide bonds. The largest absolute Gasteiger partial charge is 0.292 e. The van der Waals surface area contributed by atoms with Gasteiger partial charge < -0.3 is 0 Å². The normalized spacial score (nSPS) is 15.6. The quantitative estimate of drug-likeness (QED) is 0.189. The first-order valence-corrected chi connectivity index (χ1v) is 17.1. The molecule has 232 valence electrons. The Labute approximate surface area is 289 Å². The average Bonchev–Trinajstić information content (AvgIpc) is 3.60. The summed E-state index contributed by atoms with van der Waals surface area (Å²) < 4.78 is 2.21. The molecule has 0 aliphatic heterocycles. The molecule has 3 heteroatoms. The molecule has 1 unspecified atom stereocenters. The van der Waals surface area contributed by atoms with Crippen molar-refractivity contribution in [1.82, 2.24) is 14.5 Å². The summed E-state index contributed by atoms with van der Waals surface area (Å²) in [5.41, 5.74) is 14.4. The van der Waals surface area contributed by atoms with Crippen molar-refractivity contribution in [3.8, 4) is 28.1 Å². The maximum atomic E-state index is 4.70. The van der Waals surface area contributed by atoms with Crippen LogP contribution in [0.15, 0.2) is 164 Å². The van der Waals surface area contributed by atoms with E-state index in [0.29, 0.717) is 0 Å². The first kappa shape index (κ1) is 27.4. The Morgan fingerprint density at radius 2 is 1.20 bits per heavy atom. The molecule has 3 aromatic heterocycles. The van der Waals surface area contributed by atoms with Crippen LogP contribution in [0.5, 0.6) is 0 Å². The molecule has 3 nitrogen and oxygen atoms in total. The predicted octanol–water partition coefficient (Wildman–Crippen LogP) is 11.2. The molecule has 0 saturated heterocycles. The zero-order valence-electron chi connectivity index (χ0n) is 27.1. The topological polar surface area (TPSA) is 30.7 Å². The third-order valence-corrected chi connectivity index (χ3v) is 11.0. The highest BCUT2D eigenvalue weighted by molar-refractivity contribution is 6.10. The van der Waals surface area contributed by atoms with Crippen LogP contribution < -0.4 is 0 Å². The van der Waals surface area contributed by atoms with E-state index >= 15 is 0 Å². The molecule has 0 bridgehead atoms. The van der Waals surface area contributed by atoms with Gasteiger partial charge in [0.1, 0.15) is 5.82 Å². The van der Waals surface area contributed by atoms with Crippen molar-refractivity contribution >= 4 is 44.7 Å². The molecule has 0 fully saturated rings. The van der Waals surface area contributed by atoms with E-state index in [0.717, 1.165) is 22.2 Å². The van der Waals surface area contributed by atoms with Gasteiger partial charge in [0.25, 0.3) is 0 Å². The number of hydrogen-bond acceptors (Lipinski definition) is 2. The van der Waals surface area contributed by atoms with Crippen LogP contribution in [0.4, 0.5) is 0 Å². The van der Waals surface area contributed by atoms with E-state index in [1.54, 1.807) is 0 Å². The molecule has 2 aliphatic rings. The molecule has 1 atom stereocenters. The summed E-state index contributed by atoms with van der Waals surface area (Å²) in [7, 11) is 0. The molecule has 2 aliphatic carbocycles. The van der Waals surface area contributed by atoms with Crippen molar-refractivity contribution in [3.63, 3.8) is 0 Å². The van der Waals surface area contributed by atoms with Crippen molar-refractivity contribution in [1.29, 1.82) is 0 Å². The Bertz CT molecular complexity index is 2880. The fourth-order valence-electron chi connectivity index (χ4n) is 8.84. The van der Waals surface area contributed by atoms with Gasteiger partial charge in [-0.25, -0.2) is 4.98 Å². The number of hydrogen-bond donors (Lipinski definition) is 0. The van der Waals surface area contributed by atoms with E-state index in [9.17, 15) is 0 Å². The third kappa shape index (κ3) is 3.64. The van der Waals surface area contributed by atoms with Gasteiger partial charge in [0.15, 0.2) is 0 Å². The molecule has 0 radical (unpaired) electrons. The summed E-state index contributed by atoms with van der Waals surface area (Å²) >= 11 is 0. The molecule has 1 spiro atoms. The second-order valence-electron chi connectivity index (χ2n) is 13.4. The fraction of sp³-hybridized carbons (Fsp3) is 0.0213. The molecule has 0 N–H and O–H groups in total. The maximum absolute atomic E-state index is 4.70. The summed E-state index contributed by atoms with van der Waals surface area (Å²) in [6, 6.07) is 53.7. The highest BCUT2D eigenvalue weighted by Crippen LogP contribution is 2.59. The summed E-state index contributed by atoms with van der Waals surface area (Å²) in [6.45, 7) is 0. The van der Waals surface area contributed by atoms with Gasteiger partial charge in [-0.1, -0.05) is 109 Å². The van der Waals surface area contributed by atoms with Crippen molar-refractivity contribution in [2.75, 3.05) is 0 Å². The highest BCUT2D eigenvalue weighted by Gasteiger charge is 2.48. The van der Waals surface area contributed by atoms with Gasteiger partial charge in [-0.15, -0.1) is 0 Å². The van der Waals surface area contributed by atoms with Crippen LogP contribution in [-0.4, -0.2) is 14.5 Å². The van der Waals surface area contributed by atoms with Crippen LogP contribution in [-0.2, 0) is 5.41 Å². The lowest BCUT2D eigenvalue weighted by atomic mass is 9.65. The van der Waals surface area contributed by atoms with Crippen molar-refractivity contribution in [2.45, 2.75) is 5.41 Å². The maximum Gasteiger partial charge on any atom is 0.137 e. The minimum Gasteiger partial charge on any atom is -0.292 e. The van der Waals surface area contributed by atoms with E-state index < -0.39 is 5.41 Å². The smallest absolute Gasteiger partial charge is 0.137 e. The van der Waals surface area contributed by atoms with Gasteiger partial charge in [-0.2, -0.15) is 0 Å². The summed E-state index contributed by atoms with van der Waals surface area (Å²) in [5, 5.41) is 4.87. The molecule has 6 aromatic carbocycles. The third-order valence-electron chi connectivity index (χ3n) is 11.0. The zero-order valence-corrected chi connectivity index (χ0v) is 27.1. The van der Waals surface area contributed by atoms with Crippen molar-refractivity contribution in [2.24, 2.45) is 0 Å². The van der Waals surface area contributed by atoms with Gasteiger partial charge in [0.2, 0.25) is 0 Å². The van der Waals surface area contributed by atoms with Gasteiger partial charge >= 0.3 is 0 Å². The molecule has 11 rings (SSSR count). The molecule has 50 heavy (non-hydrogen) atoms. The lowest BCUT2D eigenvalue weighted by molar-refractivity contribution is 0.768. The van der Waals surface area contributed by atoms with E-state index in [1.807, 2.05) is 30.7 Å². The molecular formula is C47H29N3. The monoisotopic (exact) mass is 635 g/mol. The first-order valence-electron chi connectivity index (χ1n) is 17.1. The van der Waals surface area contributed by atoms with Crippen LogP contribution in [0.2, 0.25) is 0 Å². The van der Waals surface area contributed by atoms with Crippen LogP contribution in [0.25, 0.3) is 72.8 Å². The van der Waals surface area contributed by atoms with Crippen LogP contribution >= 0.6 is 0 Å². The lowest BCUT2D eigenvalue weighted by Gasteiger charge is -2.35. The number of nitrogens with zero attached hydrogens (tertiary/aromatic N) is 3. The Kier molecular flexibility index (Phi) is 5.59. The van der Waals surface area contributed by atoms with E-state index in [-0.39, 0.29) is 0 Å². The lowest BCUT2D eigenvalue weighted by Crippen LogP contribution is -2.30. The zero-order chi connectivity index (χ0) is 32.8. The summed E-state index contributed by atoms with van der Waals surface area (Å²) in [6.07, 6.45) is 10.3. The molecule has 9 aromatic rings. The van der Waals surface area contributed by atoms with E-state index in [4.69, 9.17) is 4.98 Å². The Morgan fingerprint density at radius 1 is 0.460 bits per heavy atom.